The number of alkyl halides is 3. The highest BCUT2D eigenvalue weighted by molar-refractivity contribution is 5.29. The molecule has 0 spiro atoms. The van der Waals surface area contributed by atoms with E-state index in [0.717, 1.165) is 25.1 Å². The van der Waals surface area contributed by atoms with Gasteiger partial charge in [-0.3, -0.25) is 0 Å². The molecule has 2 N–H and O–H groups in total. The third-order valence-electron chi connectivity index (χ3n) is 3.16. The van der Waals surface area contributed by atoms with Gasteiger partial charge in [0, 0.05) is 18.6 Å². The summed E-state index contributed by atoms with van der Waals surface area (Å²) in [6.45, 7) is 0.722. The molecule has 2 rings (SSSR count). The molecule has 0 bridgehead atoms. The van der Waals surface area contributed by atoms with Gasteiger partial charge >= 0.3 is 6.18 Å². The van der Waals surface area contributed by atoms with Crippen LogP contribution in [0.15, 0.2) is 24.3 Å². The molecule has 1 fully saturated rings. The molecule has 1 heterocycles. The van der Waals surface area contributed by atoms with Gasteiger partial charge in [0.15, 0.2) is 0 Å². The van der Waals surface area contributed by atoms with Crippen LogP contribution in [0.4, 0.5) is 13.2 Å². The molecule has 0 radical (unpaired) electrons. The lowest BCUT2D eigenvalue weighted by molar-refractivity contribution is -0.137. The molecule has 1 aromatic carbocycles. The Balaban J connectivity index is 2.27. The van der Waals surface area contributed by atoms with Crippen LogP contribution in [-0.2, 0) is 6.18 Å². The second-order valence-corrected chi connectivity index (χ2v) is 4.29. The van der Waals surface area contributed by atoms with E-state index in [1.807, 2.05) is 0 Å². The third-order valence-corrected chi connectivity index (χ3v) is 3.16. The van der Waals surface area contributed by atoms with Crippen LogP contribution in [0.1, 0.15) is 23.6 Å². The van der Waals surface area contributed by atoms with Gasteiger partial charge in [0.25, 0.3) is 0 Å². The summed E-state index contributed by atoms with van der Waals surface area (Å²) in [4.78, 5) is 0. The van der Waals surface area contributed by atoms with Gasteiger partial charge in [-0.15, -0.1) is 0 Å². The zero-order valence-corrected chi connectivity index (χ0v) is 9.17. The fraction of sp³-hybridized carbons (Fsp3) is 0.500. The van der Waals surface area contributed by atoms with Crippen LogP contribution in [0.2, 0.25) is 0 Å². The van der Waals surface area contributed by atoms with E-state index < -0.39 is 11.7 Å². The Morgan fingerprint density at radius 2 is 2.12 bits per heavy atom. The predicted molar refractivity (Wildman–Crippen MR) is 57.4 cm³/mol. The standard InChI is InChI=1S/C12H14F3NO/c13-12(14,15)10-3-1-2-8(6-10)11-9(7-17)4-5-16-11/h1-3,6,9,11,16-17H,4-5,7H2. The van der Waals surface area contributed by atoms with Crippen LogP contribution < -0.4 is 5.32 Å². The summed E-state index contributed by atoms with van der Waals surface area (Å²) in [6, 6.07) is 5.12. The molecule has 0 aliphatic carbocycles. The summed E-state index contributed by atoms with van der Waals surface area (Å²) in [7, 11) is 0. The highest BCUT2D eigenvalue weighted by atomic mass is 19.4. The molecule has 1 aliphatic rings. The van der Waals surface area contributed by atoms with Gasteiger partial charge in [0.2, 0.25) is 0 Å². The predicted octanol–water partition coefficient (Wildman–Crippen LogP) is 2.35. The zero-order valence-electron chi connectivity index (χ0n) is 9.17. The maximum atomic E-state index is 12.6. The maximum absolute atomic E-state index is 12.6. The summed E-state index contributed by atoms with van der Waals surface area (Å²) in [5.74, 6) is -0.00140. The van der Waals surface area contributed by atoms with Gasteiger partial charge in [-0.2, -0.15) is 13.2 Å². The van der Waals surface area contributed by atoms with Crippen LogP contribution >= 0.6 is 0 Å². The molecule has 2 nitrogen and oxygen atoms in total. The van der Waals surface area contributed by atoms with Crippen molar-refractivity contribution in [2.75, 3.05) is 13.2 Å². The lowest BCUT2D eigenvalue weighted by Crippen LogP contribution is -2.20. The van der Waals surface area contributed by atoms with Gasteiger partial charge in [-0.05, 0) is 30.7 Å². The third kappa shape index (κ3) is 2.61. The van der Waals surface area contributed by atoms with Crippen molar-refractivity contribution in [1.29, 1.82) is 0 Å². The smallest absolute Gasteiger partial charge is 0.396 e. The van der Waals surface area contributed by atoms with Crippen molar-refractivity contribution >= 4 is 0 Å². The Hall–Kier alpha value is -1.07. The Labute approximate surface area is 97.5 Å². The highest BCUT2D eigenvalue weighted by Gasteiger charge is 2.33. The maximum Gasteiger partial charge on any atom is 0.416 e. The fourth-order valence-corrected chi connectivity index (χ4v) is 2.25. The second kappa shape index (κ2) is 4.66. The molecular weight excluding hydrogens is 231 g/mol. The van der Waals surface area contributed by atoms with Crippen molar-refractivity contribution in [2.45, 2.75) is 18.6 Å². The van der Waals surface area contributed by atoms with Gasteiger partial charge in [-0.1, -0.05) is 12.1 Å². The number of hydrogen-bond donors (Lipinski definition) is 2. The SMILES string of the molecule is OCC1CCNC1c1cccc(C(F)(F)F)c1. The molecule has 1 aromatic rings. The molecule has 1 aliphatic heterocycles. The summed E-state index contributed by atoms with van der Waals surface area (Å²) >= 11 is 0. The minimum atomic E-state index is -4.32. The van der Waals surface area contributed by atoms with Crippen LogP contribution in [0.5, 0.6) is 0 Å². The molecule has 0 saturated carbocycles. The number of halogens is 3. The normalized spacial score (nSPS) is 25.2. The number of nitrogens with one attached hydrogen (secondary N) is 1. The average molecular weight is 245 g/mol. The minimum absolute atomic E-state index is 0.00140. The zero-order chi connectivity index (χ0) is 12.5. The molecule has 5 heteroatoms. The first-order valence-corrected chi connectivity index (χ1v) is 5.54. The molecule has 2 atom stereocenters. The number of hydrogen-bond acceptors (Lipinski definition) is 2. The van der Waals surface area contributed by atoms with E-state index >= 15 is 0 Å². The van der Waals surface area contributed by atoms with Crippen LogP contribution in [-0.4, -0.2) is 18.3 Å². The largest absolute Gasteiger partial charge is 0.416 e. The van der Waals surface area contributed by atoms with Gasteiger partial charge in [-0.25, -0.2) is 0 Å². The number of aliphatic hydroxyl groups is 1. The average Bonchev–Trinajstić information content (AvgIpc) is 2.76. The van der Waals surface area contributed by atoms with Gasteiger partial charge < -0.3 is 10.4 Å². The van der Waals surface area contributed by atoms with Crippen molar-refractivity contribution in [1.82, 2.24) is 5.32 Å². The summed E-state index contributed by atoms with van der Waals surface area (Å²) in [5.41, 5.74) is -0.0447. The lowest BCUT2D eigenvalue weighted by Gasteiger charge is -2.19. The van der Waals surface area contributed by atoms with Gasteiger partial charge in [0.05, 0.1) is 5.56 Å². The first-order valence-electron chi connectivity index (χ1n) is 5.54. The topological polar surface area (TPSA) is 32.3 Å². The summed E-state index contributed by atoms with van der Waals surface area (Å²) in [6.07, 6.45) is -3.53. The minimum Gasteiger partial charge on any atom is -0.396 e. The van der Waals surface area contributed by atoms with Crippen molar-refractivity contribution in [3.8, 4) is 0 Å². The van der Waals surface area contributed by atoms with Crippen molar-refractivity contribution < 1.29 is 18.3 Å². The molecule has 17 heavy (non-hydrogen) atoms. The Kier molecular flexibility index (Phi) is 3.40. The number of aliphatic hydroxyl groups excluding tert-OH is 1. The van der Waals surface area contributed by atoms with Crippen molar-refractivity contribution in [3.05, 3.63) is 35.4 Å². The van der Waals surface area contributed by atoms with E-state index in [1.165, 1.54) is 6.07 Å². The Morgan fingerprint density at radius 1 is 1.35 bits per heavy atom. The molecule has 0 amide bonds. The van der Waals surface area contributed by atoms with E-state index in [-0.39, 0.29) is 18.6 Å². The number of benzene rings is 1. The molecule has 0 aromatic heterocycles. The first kappa shape index (κ1) is 12.4. The van der Waals surface area contributed by atoms with Crippen LogP contribution in [0.3, 0.4) is 0 Å². The van der Waals surface area contributed by atoms with Gasteiger partial charge in [0.1, 0.15) is 0 Å². The highest BCUT2D eigenvalue weighted by Crippen LogP contribution is 2.34. The molecular formula is C12H14F3NO. The van der Waals surface area contributed by atoms with Crippen molar-refractivity contribution in [2.24, 2.45) is 5.92 Å². The first-order chi connectivity index (χ1) is 8.02. The lowest BCUT2D eigenvalue weighted by atomic mass is 9.94. The van der Waals surface area contributed by atoms with Crippen LogP contribution in [0, 0.1) is 5.92 Å². The molecule has 2 unspecified atom stereocenters. The van der Waals surface area contributed by atoms with Crippen LogP contribution in [0.25, 0.3) is 0 Å². The fourth-order valence-electron chi connectivity index (χ4n) is 2.25. The monoisotopic (exact) mass is 245 g/mol. The molecule has 1 saturated heterocycles. The Bertz CT molecular complexity index is 392. The summed E-state index contributed by atoms with van der Waals surface area (Å²) < 4.78 is 37.7. The van der Waals surface area contributed by atoms with E-state index in [0.29, 0.717) is 5.56 Å². The number of rotatable bonds is 2. The van der Waals surface area contributed by atoms with E-state index in [9.17, 15) is 13.2 Å². The quantitative estimate of drug-likeness (QED) is 0.838. The van der Waals surface area contributed by atoms with E-state index in [1.54, 1.807) is 6.07 Å². The summed E-state index contributed by atoms with van der Waals surface area (Å²) in [5, 5.41) is 12.3. The van der Waals surface area contributed by atoms with E-state index in [2.05, 4.69) is 5.32 Å². The molecule has 94 valence electrons. The second-order valence-electron chi connectivity index (χ2n) is 4.29. The Morgan fingerprint density at radius 3 is 2.76 bits per heavy atom. The van der Waals surface area contributed by atoms with E-state index in [4.69, 9.17) is 5.11 Å². The van der Waals surface area contributed by atoms with Crippen molar-refractivity contribution in [3.63, 3.8) is 0 Å².